The quantitative estimate of drug-likeness (QED) is 0.793. The highest BCUT2D eigenvalue weighted by Gasteiger charge is 2.39. The molecule has 1 saturated heterocycles. The maximum absolute atomic E-state index is 12.5. The van der Waals surface area contributed by atoms with Crippen LogP contribution in [-0.2, 0) is 11.3 Å². The van der Waals surface area contributed by atoms with E-state index in [4.69, 9.17) is 5.73 Å². The number of nitrogens with two attached hydrogens (primary N) is 1. The molecule has 23 heavy (non-hydrogen) atoms. The number of likely N-dealkylation sites (tertiary alicyclic amines) is 1. The summed E-state index contributed by atoms with van der Waals surface area (Å²) >= 11 is 0. The largest absolute Gasteiger partial charge is 0.370 e. The smallest absolute Gasteiger partial charge is 0.246 e. The second-order valence-electron chi connectivity index (χ2n) is 6.21. The predicted molar refractivity (Wildman–Crippen MR) is 85.7 cm³/mol. The van der Waals surface area contributed by atoms with Crippen LogP contribution >= 0.6 is 0 Å². The summed E-state index contributed by atoms with van der Waals surface area (Å²) in [5.41, 5.74) is 7.27. The van der Waals surface area contributed by atoms with Crippen LogP contribution in [0.2, 0.25) is 0 Å². The van der Waals surface area contributed by atoms with Crippen LogP contribution in [0.3, 0.4) is 0 Å². The number of guanidine groups is 1. The molecule has 1 spiro atoms. The number of amides is 1. The van der Waals surface area contributed by atoms with Crippen LogP contribution in [0.15, 0.2) is 29.3 Å². The van der Waals surface area contributed by atoms with Crippen molar-refractivity contribution < 1.29 is 4.79 Å². The first kappa shape index (κ1) is 14.0. The van der Waals surface area contributed by atoms with E-state index in [9.17, 15) is 4.79 Å². The highest BCUT2D eigenvalue weighted by molar-refractivity contribution is 5.81. The van der Waals surface area contributed by atoms with Gasteiger partial charge in [0.05, 0.1) is 12.1 Å². The fourth-order valence-electron chi connectivity index (χ4n) is 3.25. The molecule has 1 aromatic heterocycles. The molecular formula is C15H19N7O. The van der Waals surface area contributed by atoms with Gasteiger partial charge in [0.25, 0.3) is 0 Å². The summed E-state index contributed by atoms with van der Waals surface area (Å²) in [4.78, 5) is 20.0. The van der Waals surface area contributed by atoms with E-state index >= 15 is 0 Å². The second-order valence-corrected chi connectivity index (χ2v) is 6.21. The van der Waals surface area contributed by atoms with Crippen molar-refractivity contribution in [2.75, 3.05) is 19.6 Å². The predicted octanol–water partition coefficient (Wildman–Crippen LogP) is -0.290. The molecule has 0 atom stereocenters. The van der Waals surface area contributed by atoms with Crippen molar-refractivity contribution in [2.45, 2.75) is 24.9 Å². The first-order valence-corrected chi connectivity index (χ1v) is 7.79. The van der Waals surface area contributed by atoms with Crippen molar-refractivity contribution in [2.24, 2.45) is 10.7 Å². The lowest BCUT2D eigenvalue weighted by Gasteiger charge is -2.39. The minimum atomic E-state index is -0.0561. The summed E-state index contributed by atoms with van der Waals surface area (Å²) in [5.74, 6) is 0.559. The molecule has 0 saturated carbocycles. The summed E-state index contributed by atoms with van der Waals surface area (Å²) in [6.45, 7) is 2.28. The van der Waals surface area contributed by atoms with Crippen molar-refractivity contribution >= 4 is 22.9 Å². The fraction of sp³-hybridized carbons (Fsp3) is 0.467. The third-order valence-corrected chi connectivity index (χ3v) is 4.62. The van der Waals surface area contributed by atoms with E-state index in [1.165, 1.54) is 4.80 Å². The molecule has 8 heteroatoms. The molecule has 2 aliphatic rings. The van der Waals surface area contributed by atoms with E-state index in [2.05, 4.69) is 20.5 Å². The topological polar surface area (TPSA) is 101 Å². The number of piperidine rings is 1. The van der Waals surface area contributed by atoms with Crippen LogP contribution in [0.1, 0.15) is 12.8 Å². The van der Waals surface area contributed by atoms with Gasteiger partial charge in [-0.05, 0) is 25.0 Å². The number of hydrogen-bond donors (Lipinski definition) is 2. The maximum Gasteiger partial charge on any atom is 0.246 e. The molecule has 120 valence electrons. The summed E-state index contributed by atoms with van der Waals surface area (Å²) in [5, 5.41) is 11.9. The molecule has 2 aromatic rings. The number of nitrogens with zero attached hydrogens (tertiary/aromatic N) is 5. The van der Waals surface area contributed by atoms with Gasteiger partial charge in [0.2, 0.25) is 5.91 Å². The van der Waals surface area contributed by atoms with Gasteiger partial charge in [-0.2, -0.15) is 15.0 Å². The van der Waals surface area contributed by atoms with E-state index in [0.29, 0.717) is 25.6 Å². The standard InChI is InChI=1S/C15H19N7O/c16-14-17-10-15(18-14)5-7-21(8-6-15)13(23)9-22-19-11-3-1-2-4-12(11)20-22/h1-4H,5-10H2,(H3,16,17,18). The molecule has 1 amide bonds. The Labute approximate surface area is 133 Å². The Kier molecular flexibility index (Phi) is 3.17. The number of nitrogens with one attached hydrogen (secondary N) is 1. The Morgan fingerprint density at radius 1 is 1.22 bits per heavy atom. The Morgan fingerprint density at radius 2 is 1.87 bits per heavy atom. The summed E-state index contributed by atoms with van der Waals surface area (Å²) in [7, 11) is 0. The minimum Gasteiger partial charge on any atom is -0.370 e. The number of hydrogen-bond acceptors (Lipinski definition) is 6. The molecule has 8 nitrogen and oxygen atoms in total. The number of rotatable bonds is 2. The van der Waals surface area contributed by atoms with Crippen LogP contribution in [0, 0.1) is 0 Å². The minimum absolute atomic E-state index is 0.0482. The zero-order valence-electron chi connectivity index (χ0n) is 12.8. The fourth-order valence-corrected chi connectivity index (χ4v) is 3.25. The molecule has 1 aromatic carbocycles. The summed E-state index contributed by atoms with van der Waals surface area (Å²) in [6.07, 6.45) is 1.72. The molecule has 0 aliphatic carbocycles. The van der Waals surface area contributed by atoms with E-state index in [1.807, 2.05) is 29.2 Å². The zero-order chi connectivity index (χ0) is 15.9. The highest BCUT2D eigenvalue weighted by Crippen LogP contribution is 2.25. The lowest BCUT2D eigenvalue weighted by Crippen LogP contribution is -2.56. The van der Waals surface area contributed by atoms with E-state index < -0.39 is 0 Å². The molecule has 0 unspecified atom stereocenters. The Balaban J connectivity index is 1.38. The second kappa shape index (κ2) is 5.22. The molecule has 3 N–H and O–H groups in total. The van der Waals surface area contributed by atoms with E-state index in [0.717, 1.165) is 23.9 Å². The average molecular weight is 313 g/mol. The van der Waals surface area contributed by atoms with Gasteiger partial charge in [-0.15, -0.1) is 0 Å². The van der Waals surface area contributed by atoms with Gasteiger partial charge in [0, 0.05) is 13.1 Å². The van der Waals surface area contributed by atoms with Gasteiger partial charge in [0.1, 0.15) is 17.6 Å². The first-order valence-electron chi connectivity index (χ1n) is 7.79. The van der Waals surface area contributed by atoms with Crippen LogP contribution < -0.4 is 11.1 Å². The van der Waals surface area contributed by atoms with Gasteiger partial charge in [0.15, 0.2) is 5.96 Å². The van der Waals surface area contributed by atoms with Crippen molar-refractivity contribution in [1.82, 2.24) is 25.2 Å². The van der Waals surface area contributed by atoms with Gasteiger partial charge >= 0.3 is 0 Å². The number of aromatic nitrogens is 3. The van der Waals surface area contributed by atoms with Gasteiger partial charge in [-0.25, -0.2) is 0 Å². The molecule has 1 fully saturated rings. The number of carbonyl (C=O) groups is 1. The molecule has 0 radical (unpaired) electrons. The Morgan fingerprint density at radius 3 is 2.43 bits per heavy atom. The number of carbonyl (C=O) groups excluding carboxylic acids is 1. The number of benzene rings is 1. The zero-order valence-corrected chi connectivity index (χ0v) is 12.8. The molecule has 0 bridgehead atoms. The molecule has 3 heterocycles. The van der Waals surface area contributed by atoms with Gasteiger partial charge in [-0.1, -0.05) is 12.1 Å². The number of fused-ring (bicyclic) bond motifs is 1. The third kappa shape index (κ3) is 2.60. The number of aliphatic imine (C=N–C) groups is 1. The monoisotopic (exact) mass is 313 g/mol. The lowest BCUT2D eigenvalue weighted by molar-refractivity contribution is -0.133. The van der Waals surface area contributed by atoms with Crippen molar-refractivity contribution in [3.8, 4) is 0 Å². The average Bonchev–Trinajstić information content (AvgIpc) is 3.11. The lowest BCUT2D eigenvalue weighted by atomic mass is 9.88. The van der Waals surface area contributed by atoms with E-state index in [1.54, 1.807) is 0 Å². The molecule has 4 rings (SSSR count). The summed E-state index contributed by atoms with van der Waals surface area (Å²) < 4.78 is 0. The van der Waals surface area contributed by atoms with Gasteiger partial charge in [-0.3, -0.25) is 9.79 Å². The van der Waals surface area contributed by atoms with Crippen LogP contribution in [0.5, 0.6) is 0 Å². The van der Waals surface area contributed by atoms with E-state index in [-0.39, 0.29) is 18.0 Å². The maximum atomic E-state index is 12.5. The first-order chi connectivity index (χ1) is 11.1. The SMILES string of the molecule is NC1=NCC2(CCN(C(=O)Cn3nc4ccccc4n3)CC2)N1. The van der Waals surface area contributed by atoms with Crippen molar-refractivity contribution in [3.05, 3.63) is 24.3 Å². The normalized spacial score (nSPS) is 19.8. The Bertz CT molecular complexity index is 740. The van der Waals surface area contributed by atoms with Crippen LogP contribution in [0.25, 0.3) is 11.0 Å². The van der Waals surface area contributed by atoms with Gasteiger partial charge < -0.3 is 16.0 Å². The Hall–Kier alpha value is -2.64. The third-order valence-electron chi connectivity index (χ3n) is 4.62. The highest BCUT2D eigenvalue weighted by atomic mass is 16.2. The molecule has 2 aliphatic heterocycles. The molecular weight excluding hydrogens is 294 g/mol. The van der Waals surface area contributed by atoms with Crippen LogP contribution in [-0.4, -0.2) is 56.9 Å². The van der Waals surface area contributed by atoms with Crippen molar-refractivity contribution in [1.29, 1.82) is 0 Å². The summed E-state index contributed by atoms with van der Waals surface area (Å²) in [6, 6.07) is 7.61. The van der Waals surface area contributed by atoms with Crippen molar-refractivity contribution in [3.63, 3.8) is 0 Å². The van der Waals surface area contributed by atoms with Crippen LogP contribution in [0.4, 0.5) is 0 Å².